The molecule has 4 heteroatoms. The van der Waals surface area contributed by atoms with Gasteiger partial charge in [0.25, 0.3) is 0 Å². The minimum Gasteiger partial charge on any atom is -0.493 e. The molecule has 1 unspecified atom stereocenters. The molecular formula is C24H29NO3. The number of rotatable bonds is 6. The Kier molecular flexibility index (Phi) is 2.96. The average molecular weight is 391 g/mol. The zero-order chi connectivity index (χ0) is 29.0. The predicted molar refractivity (Wildman–Crippen MR) is 110 cm³/mol. The Bertz CT molecular complexity index is 1240. The van der Waals surface area contributed by atoms with E-state index in [0.29, 0.717) is 25.9 Å². The van der Waals surface area contributed by atoms with Crippen LogP contribution < -0.4 is 9.47 Å². The minimum atomic E-state index is -3.19. The maximum absolute atomic E-state index is 13.6. The van der Waals surface area contributed by atoms with E-state index < -0.39 is 66.8 Å². The molecule has 0 aromatic heterocycles. The second kappa shape index (κ2) is 8.36. The maximum Gasteiger partial charge on any atom is 0.166 e. The molecule has 4 rings (SSSR count). The molecule has 1 atom stereocenters. The van der Waals surface area contributed by atoms with Gasteiger partial charge in [0, 0.05) is 22.1 Å². The van der Waals surface area contributed by atoms with E-state index in [1.54, 1.807) is 0 Å². The second-order valence-corrected chi connectivity index (χ2v) is 7.20. The number of ether oxygens (including phenoxy) is 2. The van der Waals surface area contributed by atoms with Gasteiger partial charge in [-0.05, 0) is 67.9 Å². The van der Waals surface area contributed by atoms with Crippen LogP contribution in [0.3, 0.4) is 0 Å². The number of carbonyl (C=O) groups is 1. The highest BCUT2D eigenvalue weighted by molar-refractivity contribution is 6.02. The van der Waals surface area contributed by atoms with Gasteiger partial charge in [-0.15, -0.1) is 0 Å². The molecule has 1 fully saturated rings. The first kappa shape index (κ1) is 9.93. The Labute approximate surface area is 182 Å². The molecule has 2 aliphatic rings. The molecule has 0 amide bonds. The van der Waals surface area contributed by atoms with Gasteiger partial charge in [-0.1, -0.05) is 30.3 Å². The molecule has 28 heavy (non-hydrogen) atoms. The monoisotopic (exact) mass is 390 g/mol. The van der Waals surface area contributed by atoms with E-state index in [1.165, 1.54) is 0 Å². The number of fused-ring (bicyclic) bond motifs is 1. The van der Waals surface area contributed by atoms with Crippen molar-refractivity contribution < 1.29 is 29.3 Å². The lowest BCUT2D eigenvalue weighted by atomic mass is 9.85. The summed E-state index contributed by atoms with van der Waals surface area (Å²) in [6, 6.07) is 8.06. The highest BCUT2D eigenvalue weighted by atomic mass is 16.5. The average Bonchev–Trinajstić information content (AvgIpc) is 2.97. The van der Waals surface area contributed by atoms with Crippen molar-refractivity contribution >= 4 is 5.78 Å². The summed E-state index contributed by atoms with van der Waals surface area (Å²) in [6.07, 6.45) is -1.75. The lowest BCUT2D eigenvalue weighted by molar-refractivity contribution is 0.0895. The van der Waals surface area contributed by atoms with Crippen molar-refractivity contribution in [3.8, 4) is 11.5 Å². The zero-order valence-corrected chi connectivity index (χ0v) is 15.4. The van der Waals surface area contributed by atoms with E-state index in [-0.39, 0.29) is 12.3 Å². The van der Waals surface area contributed by atoms with Gasteiger partial charge in [-0.2, -0.15) is 0 Å². The number of ketones is 1. The summed E-state index contributed by atoms with van der Waals surface area (Å²) in [6.45, 7) is 2.11. The fourth-order valence-electron chi connectivity index (χ4n) is 3.85. The molecular weight excluding hydrogens is 350 g/mol. The van der Waals surface area contributed by atoms with E-state index in [1.807, 2.05) is 30.3 Å². The first-order chi connectivity index (χ1) is 17.9. The third-order valence-electron chi connectivity index (χ3n) is 5.36. The van der Waals surface area contributed by atoms with Crippen LogP contribution in [0.4, 0.5) is 0 Å². The number of piperidine rings is 1. The molecule has 0 spiro atoms. The summed E-state index contributed by atoms with van der Waals surface area (Å²) in [4.78, 5) is 15.9. The number of nitrogens with zero attached hydrogens (tertiary/aromatic N) is 1. The first-order valence-electron chi connectivity index (χ1n) is 14.8. The van der Waals surface area contributed by atoms with E-state index in [9.17, 15) is 4.79 Å². The number of Topliss-reactive ketones (excluding diaryl/α,β-unsaturated/α-hetero) is 1. The summed E-state index contributed by atoms with van der Waals surface area (Å²) in [5.74, 6) is -5.63. The molecule has 0 N–H and O–H groups in total. The van der Waals surface area contributed by atoms with Gasteiger partial charge in [-0.3, -0.25) is 9.69 Å². The molecule has 1 heterocycles. The molecule has 1 saturated heterocycles. The molecule has 1 aliphatic heterocycles. The molecule has 0 radical (unpaired) electrons. The van der Waals surface area contributed by atoms with Gasteiger partial charge in [0.15, 0.2) is 17.3 Å². The number of carbonyl (C=O) groups excluding carboxylic acids is 1. The molecule has 0 bridgehead atoms. The zero-order valence-electron chi connectivity index (χ0n) is 26.4. The molecule has 148 valence electrons. The van der Waals surface area contributed by atoms with Crippen LogP contribution in [0.25, 0.3) is 0 Å². The van der Waals surface area contributed by atoms with Gasteiger partial charge in [0.2, 0.25) is 0 Å². The standard InChI is InChI=1S/C24H29NO3/c1-27-22-14-19-13-20(24(26)21(19)15-23(22)28-2)12-17-8-10-25(11-9-17)16-18-6-4-3-5-7-18/h3-7,14-15,17,20H,8-13,16H2,1-2H3/i1D3,2D3,13D2,14D,15D,20D. The largest absolute Gasteiger partial charge is 0.493 e. The third kappa shape index (κ3) is 3.93. The van der Waals surface area contributed by atoms with Gasteiger partial charge in [0.1, 0.15) is 0 Å². The number of methoxy groups -OCH3 is 2. The SMILES string of the molecule is [2H]c1c(OC([2H])([2H])[2H])c(OC([2H])([2H])[2H])c([2H])c2c1C(=O)C([2H])(CC1CCN(Cc3ccccc3)CC1)C2([2H])[2H]. The highest BCUT2D eigenvalue weighted by Gasteiger charge is 2.34. The Balaban J connectivity index is 1.65. The summed E-state index contributed by atoms with van der Waals surface area (Å²) in [7, 11) is -6.37. The quantitative estimate of drug-likeness (QED) is 0.735. The number of hydrogen-bond donors (Lipinski definition) is 0. The van der Waals surface area contributed by atoms with Crippen molar-refractivity contribution in [2.24, 2.45) is 11.8 Å². The molecule has 1 aliphatic carbocycles. The van der Waals surface area contributed by atoms with E-state index >= 15 is 0 Å². The summed E-state index contributed by atoms with van der Waals surface area (Å²) in [5, 5.41) is 0. The van der Waals surface area contributed by atoms with Crippen LogP contribution in [-0.4, -0.2) is 37.8 Å². The smallest absolute Gasteiger partial charge is 0.166 e. The number of hydrogen-bond acceptors (Lipinski definition) is 4. The molecule has 4 nitrogen and oxygen atoms in total. The first-order valence-corrected chi connectivity index (χ1v) is 9.31. The lowest BCUT2D eigenvalue weighted by Crippen LogP contribution is -2.34. The van der Waals surface area contributed by atoms with Crippen molar-refractivity contribution in [1.29, 1.82) is 0 Å². The fraction of sp³-hybridized carbons (Fsp3) is 0.458. The summed E-state index contributed by atoms with van der Waals surface area (Å²) >= 11 is 0. The van der Waals surface area contributed by atoms with Crippen molar-refractivity contribution in [3.63, 3.8) is 0 Å². The molecule has 2 aromatic carbocycles. The number of likely N-dealkylation sites (tertiary alicyclic amines) is 1. The molecule has 0 saturated carbocycles. The van der Waals surface area contributed by atoms with Crippen LogP contribution in [0.1, 0.15) is 55.8 Å². The fourth-order valence-corrected chi connectivity index (χ4v) is 3.85. The van der Waals surface area contributed by atoms with Crippen LogP contribution >= 0.6 is 0 Å². The lowest BCUT2D eigenvalue weighted by Gasteiger charge is -2.32. The van der Waals surface area contributed by atoms with Crippen molar-refractivity contribution in [1.82, 2.24) is 4.90 Å². The Hall–Kier alpha value is -2.33. The van der Waals surface area contributed by atoms with Crippen LogP contribution in [-0.2, 0) is 12.9 Å². The minimum absolute atomic E-state index is 0.184. The van der Waals surface area contributed by atoms with Crippen molar-refractivity contribution in [3.05, 3.63) is 59.1 Å². The van der Waals surface area contributed by atoms with Crippen LogP contribution in [0.2, 0.25) is 0 Å². The van der Waals surface area contributed by atoms with Crippen LogP contribution in [0, 0.1) is 11.8 Å². The summed E-state index contributed by atoms with van der Waals surface area (Å²) < 4.78 is 97.6. The van der Waals surface area contributed by atoms with Gasteiger partial charge in [0.05, 0.1) is 25.0 Å². The topological polar surface area (TPSA) is 38.8 Å². The Morgan fingerprint density at radius 3 is 2.61 bits per heavy atom. The highest BCUT2D eigenvalue weighted by Crippen LogP contribution is 2.39. The third-order valence-corrected chi connectivity index (χ3v) is 5.36. The maximum atomic E-state index is 13.6. The van der Waals surface area contributed by atoms with Gasteiger partial charge >= 0.3 is 0 Å². The second-order valence-electron chi connectivity index (χ2n) is 7.20. The van der Waals surface area contributed by atoms with Crippen LogP contribution in [0.5, 0.6) is 11.5 Å². The van der Waals surface area contributed by atoms with E-state index in [4.69, 9.17) is 24.6 Å². The summed E-state index contributed by atoms with van der Waals surface area (Å²) in [5.41, 5.74) is -0.161. The van der Waals surface area contributed by atoms with Crippen molar-refractivity contribution in [2.75, 3.05) is 27.2 Å². The van der Waals surface area contributed by atoms with Crippen molar-refractivity contribution in [2.45, 2.75) is 32.2 Å². The normalized spacial score (nSPS) is 31.3. The predicted octanol–water partition coefficient (Wildman–Crippen LogP) is 4.36. The van der Waals surface area contributed by atoms with Gasteiger partial charge in [-0.25, -0.2) is 0 Å². The van der Waals surface area contributed by atoms with E-state index in [0.717, 1.165) is 12.1 Å². The van der Waals surface area contributed by atoms with Gasteiger partial charge < -0.3 is 9.47 Å². The Morgan fingerprint density at radius 2 is 1.89 bits per heavy atom. The van der Waals surface area contributed by atoms with E-state index in [2.05, 4.69) is 4.90 Å². The van der Waals surface area contributed by atoms with Crippen LogP contribution in [0.15, 0.2) is 42.4 Å². The number of benzene rings is 2. The molecule has 2 aromatic rings. The Morgan fingerprint density at radius 1 is 1.18 bits per heavy atom.